The smallest absolute Gasteiger partial charge is 0.325 e. The van der Waals surface area contributed by atoms with Gasteiger partial charge in [-0.2, -0.15) is 10.1 Å². The van der Waals surface area contributed by atoms with Gasteiger partial charge in [0.2, 0.25) is 0 Å². The lowest BCUT2D eigenvalue weighted by atomic mass is 10.2. The minimum absolute atomic E-state index is 0.000151. The van der Waals surface area contributed by atoms with Crippen LogP contribution in [0.3, 0.4) is 0 Å². The lowest BCUT2D eigenvalue weighted by molar-refractivity contribution is -0.141. The second kappa shape index (κ2) is 7.87. The van der Waals surface area contributed by atoms with Crippen molar-refractivity contribution >= 4 is 33.4 Å². The number of hydrogen-bond donors (Lipinski definition) is 0. The van der Waals surface area contributed by atoms with E-state index >= 15 is 0 Å². The number of fused-ring (bicyclic) bond motifs is 1. The molecule has 2 aromatic heterocycles. The normalized spacial score (nSPS) is 11.9. The number of benzene rings is 1. The molecule has 0 aliphatic carbocycles. The molecule has 8 heteroatoms. The highest BCUT2D eigenvalue weighted by Crippen LogP contribution is 2.20. The number of thiazole rings is 1. The molecule has 3 rings (SSSR count). The first kappa shape index (κ1) is 19.0. The van der Waals surface area contributed by atoms with Crippen molar-refractivity contribution in [1.82, 2.24) is 14.3 Å². The standard InChI is InChI=1S/C19H22N4O3S/c1-5-13-7-8-14-16(10-13)27-19(22(14)11-17(24)26-4)20-18(25)15-9-12(3)21-23(15)6-2/h7-10H,5-6,11H2,1-4H3. The van der Waals surface area contributed by atoms with Crippen LogP contribution in [0.1, 0.15) is 35.6 Å². The van der Waals surface area contributed by atoms with E-state index in [2.05, 4.69) is 23.1 Å². The molecule has 3 aromatic rings. The van der Waals surface area contributed by atoms with Crippen LogP contribution in [0.25, 0.3) is 10.2 Å². The number of amides is 1. The molecular formula is C19H22N4O3S. The van der Waals surface area contributed by atoms with Gasteiger partial charge in [-0.15, -0.1) is 0 Å². The third kappa shape index (κ3) is 3.85. The van der Waals surface area contributed by atoms with Crippen LogP contribution in [-0.4, -0.2) is 33.3 Å². The van der Waals surface area contributed by atoms with Crippen molar-refractivity contribution < 1.29 is 14.3 Å². The summed E-state index contributed by atoms with van der Waals surface area (Å²) in [4.78, 5) is 29.4. The summed E-state index contributed by atoms with van der Waals surface area (Å²) in [5.41, 5.74) is 3.24. The van der Waals surface area contributed by atoms with Gasteiger partial charge in [0.1, 0.15) is 12.2 Å². The summed E-state index contributed by atoms with van der Waals surface area (Å²) in [6.07, 6.45) is 0.908. The highest BCUT2D eigenvalue weighted by molar-refractivity contribution is 7.16. The van der Waals surface area contributed by atoms with Gasteiger partial charge in [0, 0.05) is 6.54 Å². The van der Waals surface area contributed by atoms with Crippen LogP contribution >= 0.6 is 11.3 Å². The minimum atomic E-state index is -0.391. The van der Waals surface area contributed by atoms with Crippen LogP contribution in [0, 0.1) is 6.92 Å². The van der Waals surface area contributed by atoms with Gasteiger partial charge >= 0.3 is 5.97 Å². The van der Waals surface area contributed by atoms with Gasteiger partial charge in [-0.3, -0.25) is 14.3 Å². The van der Waals surface area contributed by atoms with Gasteiger partial charge < -0.3 is 9.30 Å². The van der Waals surface area contributed by atoms with Gasteiger partial charge in [0.05, 0.1) is 23.0 Å². The number of carbonyl (C=O) groups is 2. The molecule has 2 heterocycles. The number of aromatic nitrogens is 3. The van der Waals surface area contributed by atoms with E-state index in [1.54, 1.807) is 15.3 Å². The molecule has 0 bridgehead atoms. The van der Waals surface area contributed by atoms with E-state index in [4.69, 9.17) is 4.74 Å². The number of aryl methyl sites for hydroxylation is 3. The summed E-state index contributed by atoms with van der Waals surface area (Å²) in [5, 5.41) is 4.30. The fraction of sp³-hybridized carbons (Fsp3) is 0.368. The molecular weight excluding hydrogens is 364 g/mol. The van der Waals surface area contributed by atoms with E-state index in [1.807, 2.05) is 26.0 Å². The predicted octanol–water partition coefficient (Wildman–Crippen LogP) is 2.70. The number of methoxy groups -OCH3 is 1. The molecule has 0 aliphatic rings. The molecule has 142 valence electrons. The Hall–Kier alpha value is -2.74. The molecule has 0 atom stereocenters. The first-order valence-corrected chi connectivity index (χ1v) is 9.61. The Balaban J connectivity index is 2.15. The summed E-state index contributed by atoms with van der Waals surface area (Å²) in [6, 6.07) is 7.77. The highest BCUT2D eigenvalue weighted by atomic mass is 32.1. The van der Waals surface area contributed by atoms with E-state index in [9.17, 15) is 9.59 Å². The van der Waals surface area contributed by atoms with Crippen LogP contribution in [0.2, 0.25) is 0 Å². The van der Waals surface area contributed by atoms with E-state index < -0.39 is 5.97 Å². The number of rotatable bonds is 5. The fourth-order valence-electron chi connectivity index (χ4n) is 2.87. The second-order valence-corrected chi connectivity index (χ2v) is 7.12. The van der Waals surface area contributed by atoms with Gasteiger partial charge in [-0.1, -0.05) is 24.3 Å². The second-order valence-electron chi connectivity index (χ2n) is 6.11. The van der Waals surface area contributed by atoms with Crippen molar-refractivity contribution in [1.29, 1.82) is 0 Å². The summed E-state index contributed by atoms with van der Waals surface area (Å²) >= 11 is 1.39. The molecule has 0 spiro atoms. The molecule has 0 unspecified atom stereocenters. The number of esters is 1. The summed E-state index contributed by atoms with van der Waals surface area (Å²) in [6.45, 7) is 6.43. The number of ether oxygens (including phenoxy) is 1. The minimum Gasteiger partial charge on any atom is -0.468 e. The quantitative estimate of drug-likeness (QED) is 0.632. The summed E-state index contributed by atoms with van der Waals surface area (Å²) in [7, 11) is 1.34. The Morgan fingerprint density at radius 2 is 2.04 bits per heavy atom. The largest absolute Gasteiger partial charge is 0.468 e. The van der Waals surface area contributed by atoms with Crippen LogP contribution in [-0.2, 0) is 29.0 Å². The molecule has 0 radical (unpaired) electrons. The lowest BCUT2D eigenvalue weighted by Crippen LogP contribution is -2.23. The van der Waals surface area contributed by atoms with Crippen LogP contribution in [0.15, 0.2) is 29.3 Å². The fourth-order valence-corrected chi connectivity index (χ4v) is 3.96. The Morgan fingerprint density at radius 3 is 2.70 bits per heavy atom. The van der Waals surface area contributed by atoms with E-state index in [-0.39, 0.29) is 12.5 Å². The Bertz CT molecular complexity index is 1070. The number of carbonyl (C=O) groups excluding carboxylic acids is 2. The zero-order valence-corrected chi connectivity index (χ0v) is 16.7. The topological polar surface area (TPSA) is 78.5 Å². The van der Waals surface area contributed by atoms with E-state index in [1.165, 1.54) is 24.0 Å². The maximum absolute atomic E-state index is 12.8. The predicted molar refractivity (Wildman–Crippen MR) is 104 cm³/mol. The Kier molecular flexibility index (Phi) is 5.55. The van der Waals surface area contributed by atoms with Crippen molar-refractivity contribution in [3.63, 3.8) is 0 Å². The molecule has 0 saturated carbocycles. The zero-order chi connectivity index (χ0) is 19.6. The molecule has 1 aromatic carbocycles. The average molecular weight is 386 g/mol. The van der Waals surface area contributed by atoms with Crippen LogP contribution in [0.5, 0.6) is 0 Å². The van der Waals surface area contributed by atoms with Crippen molar-refractivity contribution in [2.45, 2.75) is 40.3 Å². The molecule has 0 aliphatic heterocycles. The molecule has 7 nitrogen and oxygen atoms in total. The van der Waals surface area contributed by atoms with Crippen LogP contribution < -0.4 is 4.80 Å². The van der Waals surface area contributed by atoms with Gasteiger partial charge in [0.15, 0.2) is 4.80 Å². The summed E-state index contributed by atoms with van der Waals surface area (Å²) < 4.78 is 9.14. The van der Waals surface area contributed by atoms with Gasteiger partial charge in [-0.05, 0) is 44.0 Å². The van der Waals surface area contributed by atoms with Gasteiger partial charge in [-0.25, -0.2) is 0 Å². The van der Waals surface area contributed by atoms with Crippen molar-refractivity contribution in [3.8, 4) is 0 Å². The molecule has 0 fully saturated rings. The van der Waals surface area contributed by atoms with Crippen molar-refractivity contribution in [3.05, 3.63) is 46.0 Å². The first-order chi connectivity index (χ1) is 13.0. The zero-order valence-electron chi connectivity index (χ0n) is 15.9. The van der Waals surface area contributed by atoms with Crippen molar-refractivity contribution in [2.75, 3.05) is 7.11 Å². The molecule has 1 amide bonds. The van der Waals surface area contributed by atoms with E-state index in [0.717, 1.165) is 22.3 Å². The van der Waals surface area contributed by atoms with E-state index in [0.29, 0.717) is 17.0 Å². The Morgan fingerprint density at radius 1 is 1.26 bits per heavy atom. The average Bonchev–Trinajstić information content (AvgIpc) is 3.21. The number of nitrogens with zero attached hydrogens (tertiary/aromatic N) is 4. The maximum Gasteiger partial charge on any atom is 0.325 e. The maximum atomic E-state index is 12.8. The molecule has 27 heavy (non-hydrogen) atoms. The van der Waals surface area contributed by atoms with Crippen LogP contribution in [0.4, 0.5) is 0 Å². The Labute approximate surface area is 160 Å². The third-order valence-corrected chi connectivity index (χ3v) is 5.33. The lowest BCUT2D eigenvalue weighted by Gasteiger charge is -2.04. The highest BCUT2D eigenvalue weighted by Gasteiger charge is 2.15. The summed E-state index contributed by atoms with van der Waals surface area (Å²) in [5.74, 6) is -0.768. The molecule has 0 N–H and O–H groups in total. The van der Waals surface area contributed by atoms with Crippen molar-refractivity contribution in [2.24, 2.45) is 4.99 Å². The third-order valence-electron chi connectivity index (χ3n) is 4.29. The SMILES string of the molecule is CCc1ccc2c(c1)sc(=NC(=O)c1cc(C)nn1CC)n2CC(=O)OC. The monoisotopic (exact) mass is 386 g/mol. The van der Waals surface area contributed by atoms with Gasteiger partial charge in [0.25, 0.3) is 5.91 Å². The number of hydrogen-bond acceptors (Lipinski definition) is 5. The first-order valence-electron chi connectivity index (χ1n) is 8.79. The molecule has 0 saturated heterocycles.